The summed E-state index contributed by atoms with van der Waals surface area (Å²) in [5.41, 5.74) is 1.09. The first-order valence-corrected chi connectivity index (χ1v) is 9.35. The highest BCUT2D eigenvalue weighted by Crippen LogP contribution is 2.27. The quantitative estimate of drug-likeness (QED) is 0.485. The summed E-state index contributed by atoms with van der Waals surface area (Å²) in [5, 5.41) is 18.5. The van der Waals surface area contributed by atoms with Crippen molar-refractivity contribution in [1.82, 2.24) is 29.9 Å². The first-order valence-electron chi connectivity index (χ1n) is 9.35. The van der Waals surface area contributed by atoms with Crippen molar-refractivity contribution in [2.24, 2.45) is 14.1 Å². The smallest absolute Gasteiger partial charge is 0.266 e. The first-order chi connectivity index (χ1) is 14.0. The molecule has 5 rings (SSSR count). The topological polar surface area (TPSA) is 102 Å². The van der Waals surface area contributed by atoms with Gasteiger partial charge in [-0.15, -0.1) is 0 Å². The summed E-state index contributed by atoms with van der Waals surface area (Å²) in [7, 11) is 3.40. The SMILES string of the molecule is Cn1cc2cc(Nc3n[nH]c4cc(OC5CCNC5)n(C)c(=O)c34)cc(F)c2n1. The summed E-state index contributed by atoms with van der Waals surface area (Å²) in [6, 6.07) is 4.87. The maximum Gasteiger partial charge on any atom is 0.266 e. The number of aryl methyl sites for hydroxylation is 1. The Morgan fingerprint density at radius 1 is 1.31 bits per heavy atom. The van der Waals surface area contributed by atoms with Gasteiger partial charge in [-0.2, -0.15) is 10.2 Å². The van der Waals surface area contributed by atoms with Crippen LogP contribution in [-0.4, -0.2) is 43.7 Å². The number of nitrogens with one attached hydrogen (secondary N) is 3. The highest BCUT2D eigenvalue weighted by Gasteiger charge is 2.20. The van der Waals surface area contributed by atoms with E-state index < -0.39 is 5.82 Å². The number of pyridine rings is 1. The second-order valence-electron chi connectivity index (χ2n) is 7.26. The van der Waals surface area contributed by atoms with Crippen LogP contribution in [0.1, 0.15) is 6.42 Å². The Bertz CT molecular complexity index is 1280. The van der Waals surface area contributed by atoms with Crippen LogP contribution < -0.4 is 20.9 Å². The molecule has 1 atom stereocenters. The normalized spacial score (nSPS) is 16.7. The summed E-state index contributed by atoms with van der Waals surface area (Å²) >= 11 is 0. The molecular formula is C19H20FN7O2. The molecule has 1 aliphatic rings. The number of aromatic amines is 1. The van der Waals surface area contributed by atoms with Crippen LogP contribution in [-0.2, 0) is 14.1 Å². The van der Waals surface area contributed by atoms with Crippen LogP contribution in [0.4, 0.5) is 15.9 Å². The van der Waals surface area contributed by atoms with Gasteiger partial charge in [-0.25, -0.2) is 4.39 Å². The molecule has 0 bridgehead atoms. The predicted molar refractivity (Wildman–Crippen MR) is 107 cm³/mol. The van der Waals surface area contributed by atoms with Gasteiger partial charge in [0.05, 0.1) is 5.52 Å². The number of H-pyrrole nitrogens is 1. The third-order valence-electron chi connectivity index (χ3n) is 5.15. The Balaban J connectivity index is 1.52. The minimum atomic E-state index is -0.445. The molecule has 0 spiro atoms. The number of nitrogens with zero attached hydrogens (tertiary/aromatic N) is 4. The number of hydrogen-bond acceptors (Lipinski definition) is 6. The van der Waals surface area contributed by atoms with E-state index in [2.05, 4.69) is 25.9 Å². The highest BCUT2D eigenvalue weighted by molar-refractivity contribution is 5.92. The molecule has 10 heteroatoms. The van der Waals surface area contributed by atoms with Gasteiger partial charge in [0.1, 0.15) is 17.0 Å². The van der Waals surface area contributed by atoms with Gasteiger partial charge in [-0.1, -0.05) is 0 Å². The van der Waals surface area contributed by atoms with E-state index in [4.69, 9.17) is 4.74 Å². The van der Waals surface area contributed by atoms with E-state index in [1.165, 1.54) is 10.6 Å². The van der Waals surface area contributed by atoms with Crippen LogP contribution in [0.25, 0.3) is 21.8 Å². The lowest BCUT2D eigenvalue weighted by Gasteiger charge is -2.15. The Morgan fingerprint density at radius 3 is 2.97 bits per heavy atom. The second-order valence-corrected chi connectivity index (χ2v) is 7.26. The molecule has 1 aliphatic heterocycles. The molecule has 3 N–H and O–H groups in total. The predicted octanol–water partition coefficient (Wildman–Crippen LogP) is 1.77. The van der Waals surface area contributed by atoms with Gasteiger partial charge in [0, 0.05) is 44.0 Å². The van der Waals surface area contributed by atoms with Crippen molar-refractivity contribution in [1.29, 1.82) is 0 Å². The highest BCUT2D eigenvalue weighted by atomic mass is 19.1. The van der Waals surface area contributed by atoms with Crippen molar-refractivity contribution >= 4 is 33.3 Å². The maximum absolute atomic E-state index is 14.4. The molecule has 1 saturated heterocycles. The summed E-state index contributed by atoms with van der Waals surface area (Å²) in [4.78, 5) is 13.0. The second kappa shape index (κ2) is 6.59. The van der Waals surface area contributed by atoms with Gasteiger partial charge in [0.15, 0.2) is 17.5 Å². The Morgan fingerprint density at radius 2 is 2.17 bits per heavy atom. The molecule has 0 radical (unpaired) electrons. The molecule has 29 heavy (non-hydrogen) atoms. The van der Waals surface area contributed by atoms with Crippen molar-refractivity contribution < 1.29 is 9.13 Å². The Labute approximate surface area is 164 Å². The van der Waals surface area contributed by atoms with Gasteiger partial charge in [0.25, 0.3) is 5.56 Å². The largest absolute Gasteiger partial charge is 0.474 e. The molecule has 150 valence electrons. The molecule has 1 unspecified atom stereocenters. The van der Waals surface area contributed by atoms with Crippen molar-refractivity contribution in [3.63, 3.8) is 0 Å². The fourth-order valence-corrected chi connectivity index (χ4v) is 3.69. The Hall–Kier alpha value is -3.40. The van der Waals surface area contributed by atoms with Crippen LogP contribution in [0.15, 0.2) is 29.2 Å². The molecule has 3 aromatic heterocycles. The summed E-state index contributed by atoms with van der Waals surface area (Å²) in [6.07, 6.45) is 2.66. The monoisotopic (exact) mass is 397 g/mol. The molecule has 1 aromatic carbocycles. The van der Waals surface area contributed by atoms with Gasteiger partial charge in [-0.3, -0.25) is 19.1 Å². The summed E-state index contributed by atoms with van der Waals surface area (Å²) in [6.45, 7) is 1.65. The van der Waals surface area contributed by atoms with E-state index >= 15 is 0 Å². The minimum Gasteiger partial charge on any atom is -0.474 e. The average molecular weight is 397 g/mol. The zero-order chi connectivity index (χ0) is 20.1. The minimum absolute atomic E-state index is 0.0350. The number of rotatable bonds is 4. The van der Waals surface area contributed by atoms with E-state index in [1.807, 2.05) is 0 Å². The molecule has 0 saturated carbocycles. The van der Waals surface area contributed by atoms with Crippen LogP contribution >= 0.6 is 0 Å². The molecule has 4 heterocycles. The van der Waals surface area contributed by atoms with E-state index in [9.17, 15) is 9.18 Å². The number of hydrogen-bond donors (Lipinski definition) is 3. The van der Waals surface area contributed by atoms with Crippen LogP contribution in [0.3, 0.4) is 0 Å². The van der Waals surface area contributed by atoms with E-state index in [-0.39, 0.29) is 11.7 Å². The number of benzene rings is 1. The fourth-order valence-electron chi connectivity index (χ4n) is 3.69. The zero-order valence-electron chi connectivity index (χ0n) is 16.0. The lowest BCUT2D eigenvalue weighted by molar-refractivity contribution is 0.205. The molecule has 1 fully saturated rings. The van der Waals surface area contributed by atoms with Gasteiger partial charge in [0.2, 0.25) is 0 Å². The molecule has 9 nitrogen and oxygen atoms in total. The maximum atomic E-state index is 14.4. The number of ether oxygens (including phenoxy) is 1. The van der Waals surface area contributed by atoms with Crippen molar-refractivity contribution in [2.75, 3.05) is 18.4 Å². The number of fused-ring (bicyclic) bond motifs is 2. The van der Waals surface area contributed by atoms with Gasteiger partial charge in [-0.05, 0) is 25.1 Å². The Kier molecular flexibility index (Phi) is 4.02. The summed E-state index contributed by atoms with van der Waals surface area (Å²) in [5.74, 6) is 0.366. The van der Waals surface area contributed by atoms with Crippen molar-refractivity contribution in [3.05, 3.63) is 40.6 Å². The van der Waals surface area contributed by atoms with Crippen LogP contribution in [0.2, 0.25) is 0 Å². The van der Waals surface area contributed by atoms with E-state index in [0.29, 0.717) is 39.2 Å². The fraction of sp³-hybridized carbons (Fsp3) is 0.316. The van der Waals surface area contributed by atoms with Gasteiger partial charge >= 0.3 is 0 Å². The lowest BCUT2D eigenvalue weighted by Crippen LogP contribution is -2.25. The van der Waals surface area contributed by atoms with Crippen LogP contribution in [0.5, 0.6) is 5.88 Å². The molecule has 0 amide bonds. The standard InChI is InChI=1S/C19H20FN7O2/c1-26-9-10-5-11(6-13(20)17(10)25-26)22-18-16-14(23-24-18)7-15(27(2)19(16)28)29-12-3-4-21-8-12/h5-7,9,12,21H,3-4,8H2,1-2H3,(H2,22,23,24). The number of aromatic nitrogens is 5. The van der Waals surface area contributed by atoms with Gasteiger partial charge < -0.3 is 15.4 Å². The van der Waals surface area contributed by atoms with Crippen molar-refractivity contribution in [2.45, 2.75) is 12.5 Å². The molecule has 4 aromatic rings. The number of anilines is 2. The van der Waals surface area contributed by atoms with Crippen LogP contribution in [0, 0.1) is 5.82 Å². The third kappa shape index (κ3) is 3.01. The third-order valence-corrected chi connectivity index (χ3v) is 5.15. The summed E-state index contributed by atoms with van der Waals surface area (Å²) < 4.78 is 23.3. The zero-order valence-corrected chi connectivity index (χ0v) is 16.0. The molecular weight excluding hydrogens is 377 g/mol. The lowest BCUT2D eigenvalue weighted by atomic mass is 10.2. The number of halogens is 1. The first kappa shape index (κ1) is 17.7. The average Bonchev–Trinajstić information content (AvgIpc) is 3.40. The molecule has 0 aliphatic carbocycles. The van der Waals surface area contributed by atoms with E-state index in [1.54, 1.807) is 37.1 Å². The van der Waals surface area contributed by atoms with Crippen molar-refractivity contribution in [3.8, 4) is 5.88 Å². The van der Waals surface area contributed by atoms with E-state index in [0.717, 1.165) is 19.5 Å².